The van der Waals surface area contributed by atoms with Crippen LogP contribution in [-0.4, -0.2) is 19.9 Å². The molecular formula is C36H22N4S4. The Kier molecular flexibility index (Phi) is 6.89. The molecule has 210 valence electrons. The third-order valence-electron chi connectivity index (χ3n) is 7.10. The van der Waals surface area contributed by atoms with E-state index in [0.29, 0.717) is 0 Å². The third kappa shape index (κ3) is 5.59. The summed E-state index contributed by atoms with van der Waals surface area (Å²) in [6.07, 6.45) is 8.37. The number of hydrogen-bond acceptors (Lipinski definition) is 8. The number of rotatable bonds is 4. The van der Waals surface area contributed by atoms with Gasteiger partial charge in [-0.15, -0.1) is 45.3 Å². The monoisotopic (exact) mass is 638 g/mol. The smallest absolute Gasteiger partial charge is 0.168 e. The Morgan fingerprint density at radius 1 is 0.455 bits per heavy atom. The van der Waals surface area contributed by atoms with Crippen LogP contribution in [0.3, 0.4) is 0 Å². The van der Waals surface area contributed by atoms with Crippen molar-refractivity contribution >= 4 is 111 Å². The van der Waals surface area contributed by atoms with E-state index < -0.39 is 0 Å². The molecule has 4 aromatic heterocycles. The molecule has 0 aliphatic carbocycles. The van der Waals surface area contributed by atoms with Gasteiger partial charge in [0.2, 0.25) is 0 Å². The van der Waals surface area contributed by atoms with E-state index in [4.69, 9.17) is 19.9 Å². The molecule has 0 aliphatic rings. The zero-order valence-electron chi connectivity index (χ0n) is 23.7. The molecule has 0 fully saturated rings. The average molecular weight is 639 g/mol. The van der Waals surface area contributed by atoms with E-state index in [1.165, 1.54) is 22.3 Å². The molecule has 0 atom stereocenters. The van der Waals surface area contributed by atoms with Gasteiger partial charge in [-0.1, -0.05) is 71.8 Å². The minimum atomic E-state index is 0.782. The van der Waals surface area contributed by atoms with Gasteiger partial charge in [0.05, 0.1) is 40.9 Å². The van der Waals surface area contributed by atoms with E-state index in [2.05, 4.69) is 123 Å². The summed E-state index contributed by atoms with van der Waals surface area (Å²) in [7, 11) is 0. The normalized spacial score (nSPS) is 12.0. The van der Waals surface area contributed by atoms with Gasteiger partial charge in [-0.25, -0.2) is 19.9 Å². The minimum absolute atomic E-state index is 0.782. The molecule has 4 nitrogen and oxygen atoms in total. The molecule has 44 heavy (non-hydrogen) atoms. The summed E-state index contributed by atoms with van der Waals surface area (Å²) >= 11 is 6.53. The lowest BCUT2D eigenvalue weighted by atomic mass is 10.1. The summed E-state index contributed by atoms with van der Waals surface area (Å²) in [5.74, 6) is 6.49. The molecule has 0 radical (unpaired) electrons. The molecule has 0 spiro atoms. The van der Waals surface area contributed by atoms with Crippen molar-refractivity contribution in [3.8, 4) is 11.8 Å². The standard InChI is InChI=1S/C36H22N4S4/c1-21-3-7-23(8-4-21)11-13-33-37-25-17-31-27(19-29(25)41-33)39-35(43-31)15-16-36-40-28-20-30-26(18-32(28)44-36)38-34(42-30)14-12-24-9-5-22(2)6-10-24/h3-14,17-20H,1-2H3/b13-11+,14-12+. The number of benzene rings is 4. The van der Waals surface area contributed by atoms with Gasteiger partial charge in [-0.2, -0.15) is 0 Å². The van der Waals surface area contributed by atoms with E-state index in [-0.39, 0.29) is 0 Å². The maximum absolute atomic E-state index is 4.83. The molecule has 0 N–H and O–H groups in total. The number of fused-ring (bicyclic) bond motifs is 4. The first-order valence-corrected chi connectivity index (χ1v) is 17.2. The number of thiazole rings is 4. The highest BCUT2D eigenvalue weighted by molar-refractivity contribution is 7.21. The van der Waals surface area contributed by atoms with Crippen LogP contribution in [0.15, 0.2) is 72.8 Å². The van der Waals surface area contributed by atoms with Crippen LogP contribution in [0.25, 0.3) is 65.2 Å². The van der Waals surface area contributed by atoms with Crippen molar-refractivity contribution in [3.63, 3.8) is 0 Å². The molecule has 4 heterocycles. The summed E-state index contributed by atoms with van der Waals surface area (Å²) in [6, 6.07) is 25.5. The van der Waals surface area contributed by atoms with E-state index in [1.54, 1.807) is 45.3 Å². The first-order chi connectivity index (χ1) is 21.5. The van der Waals surface area contributed by atoms with Crippen molar-refractivity contribution < 1.29 is 0 Å². The minimum Gasteiger partial charge on any atom is -0.237 e. The first kappa shape index (κ1) is 27.1. The Bertz CT molecular complexity index is 2190. The SMILES string of the molecule is Cc1ccc(/C=C/c2nc3cc4sc(C#Cc5nc6cc7sc(/C=C/c8ccc(C)cc8)nc7cc6s5)nc4cc3s2)cc1. The fourth-order valence-electron chi connectivity index (χ4n) is 4.78. The molecule has 0 amide bonds. The van der Waals surface area contributed by atoms with Gasteiger partial charge >= 0.3 is 0 Å². The molecule has 0 unspecified atom stereocenters. The maximum Gasteiger partial charge on any atom is 0.168 e. The zero-order valence-corrected chi connectivity index (χ0v) is 26.9. The molecular weight excluding hydrogens is 617 g/mol. The van der Waals surface area contributed by atoms with Crippen molar-refractivity contribution in [1.82, 2.24) is 19.9 Å². The largest absolute Gasteiger partial charge is 0.237 e. The summed E-state index contributed by atoms with van der Waals surface area (Å²) in [6.45, 7) is 4.19. The molecule has 8 heteroatoms. The van der Waals surface area contributed by atoms with E-state index in [1.807, 2.05) is 0 Å². The lowest BCUT2D eigenvalue weighted by molar-refractivity contribution is 1.44. The molecule has 0 aliphatic heterocycles. The predicted octanol–water partition coefficient (Wildman–Crippen LogP) is 10.5. The van der Waals surface area contributed by atoms with Crippen molar-refractivity contribution in [2.24, 2.45) is 0 Å². The second-order valence-corrected chi connectivity index (χ2v) is 14.6. The van der Waals surface area contributed by atoms with Crippen molar-refractivity contribution in [1.29, 1.82) is 0 Å². The topological polar surface area (TPSA) is 51.6 Å². The Morgan fingerprint density at radius 3 is 1.23 bits per heavy atom. The molecule has 4 aromatic carbocycles. The van der Waals surface area contributed by atoms with Crippen LogP contribution < -0.4 is 0 Å². The van der Waals surface area contributed by atoms with Crippen LogP contribution in [0, 0.1) is 25.7 Å². The average Bonchev–Trinajstić information content (AvgIpc) is 3.80. The van der Waals surface area contributed by atoms with Gasteiger partial charge in [0.15, 0.2) is 10.0 Å². The van der Waals surface area contributed by atoms with Crippen molar-refractivity contribution in [2.45, 2.75) is 13.8 Å². The van der Waals surface area contributed by atoms with E-state index in [9.17, 15) is 0 Å². The lowest BCUT2D eigenvalue weighted by Crippen LogP contribution is -1.74. The second kappa shape index (κ2) is 11.2. The lowest BCUT2D eigenvalue weighted by Gasteiger charge is -1.93. The van der Waals surface area contributed by atoms with Crippen LogP contribution in [0.5, 0.6) is 0 Å². The fraction of sp³-hybridized carbons (Fsp3) is 0.0556. The number of aryl methyl sites for hydroxylation is 2. The summed E-state index contributed by atoms with van der Waals surface area (Å²) in [5, 5.41) is 3.53. The van der Waals surface area contributed by atoms with Gasteiger partial charge in [-0.05, 0) is 73.2 Å². The second-order valence-electron chi connectivity index (χ2n) is 10.5. The van der Waals surface area contributed by atoms with Crippen LogP contribution >= 0.6 is 45.3 Å². The maximum atomic E-state index is 4.83. The van der Waals surface area contributed by atoms with Crippen LogP contribution in [-0.2, 0) is 0 Å². The highest BCUT2D eigenvalue weighted by Crippen LogP contribution is 2.33. The molecule has 0 saturated carbocycles. The molecule has 0 bridgehead atoms. The highest BCUT2D eigenvalue weighted by atomic mass is 32.1. The summed E-state index contributed by atoms with van der Waals surface area (Å²) in [4.78, 5) is 19.3. The van der Waals surface area contributed by atoms with E-state index in [0.717, 1.165) is 60.9 Å². The fourth-order valence-corrected chi connectivity index (χ4v) is 8.22. The van der Waals surface area contributed by atoms with Crippen LogP contribution in [0.1, 0.15) is 42.3 Å². The van der Waals surface area contributed by atoms with Crippen molar-refractivity contribution in [2.75, 3.05) is 0 Å². The van der Waals surface area contributed by atoms with Gasteiger partial charge in [-0.3, -0.25) is 0 Å². The quantitative estimate of drug-likeness (QED) is 0.180. The summed E-state index contributed by atoms with van der Waals surface area (Å²) < 4.78 is 4.42. The van der Waals surface area contributed by atoms with Gasteiger partial charge in [0, 0.05) is 0 Å². The Hall–Kier alpha value is -4.52. The van der Waals surface area contributed by atoms with Crippen molar-refractivity contribution in [3.05, 3.63) is 115 Å². The first-order valence-electron chi connectivity index (χ1n) is 13.9. The van der Waals surface area contributed by atoms with Gasteiger partial charge in [0.25, 0.3) is 0 Å². The Morgan fingerprint density at radius 2 is 0.818 bits per heavy atom. The molecule has 8 aromatic rings. The number of hydrogen-bond donors (Lipinski definition) is 0. The zero-order chi connectivity index (χ0) is 29.6. The number of nitrogens with zero attached hydrogens (tertiary/aromatic N) is 4. The number of aromatic nitrogens is 4. The molecule has 8 rings (SSSR count). The Labute approximate surface area is 269 Å². The predicted molar refractivity (Wildman–Crippen MR) is 192 cm³/mol. The molecule has 0 saturated heterocycles. The van der Waals surface area contributed by atoms with Crippen LogP contribution in [0.4, 0.5) is 0 Å². The van der Waals surface area contributed by atoms with Gasteiger partial charge < -0.3 is 0 Å². The van der Waals surface area contributed by atoms with Gasteiger partial charge in [0.1, 0.15) is 10.0 Å². The van der Waals surface area contributed by atoms with Crippen LogP contribution in [0.2, 0.25) is 0 Å². The Balaban J connectivity index is 1.01. The summed E-state index contributed by atoms with van der Waals surface area (Å²) in [5.41, 5.74) is 8.73. The highest BCUT2D eigenvalue weighted by Gasteiger charge is 2.10. The van der Waals surface area contributed by atoms with E-state index >= 15 is 0 Å². The third-order valence-corrected chi connectivity index (χ3v) is 10.9.